The molecule has 0 saturated carbocycles. The Labute approximate surface area is 408 Å². The van der Waals surface area contributed by atoms with Gasteiger partial charge in [0.1, 0.15) is 29.8 Å². The second-order valence-corrected chi connectivity index (χ2v) is 19.0. The van der Waals surface area contributed by atoms with E-state index in [9.17, 15) is 4.39 Å². The van der Waals surface area contributed by atoms with Crippen molar-refractivity contribution >= 4 is 44.6 Å². The maximum atomic E-state index is 14.4. The molecule has 0 bridgehead atoms. The number of pyridine rings is 1. The highest BCUT2D eigenvalue weighted by atomic mass is 19.1. The molecule has 0 spiro atoms. The quantitative estimate of drug-likeness (QED) is 0.144. The molecule has 1 aliphatic rings. The minimum atomic E-state index is -0.264. The number of aromatic nitrogens is 2. The minimum Gasteiger partial charge on any atom is -0.457 e. The monoisotopic (exact) mass is 908 g/mol. The Bertz CT molecular complexity index is 3710. The Morgan fingerprint density at radius 1 is 0.457 bits per heavy atom. The zero-order chi connectivity index (χ0) is 47.3. The highest BCUT2D eigenvalue weighted by Gasteiger charge is 2.32. The molecule has 0 N–H and O–H groups in total. The van der Waals surface area contributed by atoms with Gasteiger partial charge in [-0.15, -0.1) is 0 Å². The highest BCUT2D eigenvalue weighted by Crippen LogP contribution is 2.51. The number of halogens is 1. The third-order valence-corrected chi connectivity index (χ3v) is 13.5. The van der Waals surface area contributed by atoms with Crippen LogP contribution in [0.25, 0.3) is 72.1 Å². The van der Waals surface area contributed by atoms with Crippen molar-refractivity contribution in [2.45, 2.75) is 26.2 Å². The van der Waals surface area contributed by atoms with Crippen LogP contribution >= 0.6 is 0 Å². The van der Waals surface area contributed by atoms with Gasteiger partial charge in [-0.05, 0) is 111 Å². The van der Waals surface area contributed by atoms with E-state index in [1.807, 2.05) is 30.5 Å². The average molecular weight is 909 g/mol. The Morgan fingerprint density at radius 2 is 1.04 bits per heavy atom. The second kappa shape index (κ2) is 17.4. The molecule has 338 valence electrons. The van der Waals surface area contributed by atoms with Gasteiger partial charge in [-0.25, -0.2) is 9.37 Å². The van der Waals surface area contributed by atoms with Crippen molar-refractivity contribution in [2.75, 3.05) is 16.5 Å². The predicted octanol–water partition coefficient (Wildman–Crippen LogP) is 17.3. The van der Waals surface area contributed by atoms with Crippen molar-refractivity contribution in [1.82, 2.24) is 9.55 Å². The summed E-state index contributed by atoms with van der Waals surface area (Å²) in [6, 6.07) is 77.4. The molecule has 2 aromatic heterocycles. The van der Waals surface area contributed by atoms with Gasteiger partial charge >= 0.3 is 0 Å². The van der Waals surface area contributed by atoms with Crippen LogP contribution in [0.4, 0.5) is 27.1 Å². The molecular formula is C64H49FN4O. The van der Waals surface area contributed by atoms with Crippen molar-refractivity contribution in [3.8, 4) is 61.8 Å². The molecule has 0 saturated heterocycles. The summed E-state index contributed by atoms with van der Waals surface area (Å²) in [5.74, 6) is 2.03. The van der Waals surface area contributed by atoms with Gasteiger partial charge in [0, 0.05) is 45.9 Å². The Hall–Kier alpha value is -8.74. The van der Waals surface area contributed by atoms with Gasteiger partial charge in [-0.3, -0.25) is 4.57 Å². The third-order valence-electron chi connectivity index (χ3n) is 13.5. The van der Waals surface area contributed by atoms with Crippen molar-refractivity contribution in [1.29, 1.82) is 0 Å². The first-order valence-electron chi connectivity index (χ1n) is 23.8. The molecule has 0 radical (unpaired) electrons. The molecule has 12 rings (SSSR count). The van der Waals surface area contributed by atoms with E-state index in [4.69, 9.17) is 9.72 Å². The lowest BCUT2D eigenvalue weighted by Crippen LogP contribution is -2.25. The van der Waals surface area contributed by atoms with Gasteiger partial charge in [0.05, 0.1) is 28.1 Å². The van der Waals surface area contributed by atoms with Crippen LogP contribution in [-0.4, -0.2) is 16.2 Å². The fourth-order valence-corrected chi connectivity index (χ4v) is 10.0. The van der Waals surface area contributed by atoms with Gasteiger partial charge in [0.15, 0.2) is 0 Å². The average Bonchev–Trinajstić information content (AvgIpc) is 3.95. The van der Waals surface area contributed by atoms with Crippen LogP contribution in [0.3, 0.4) is 0 Å². The molecule has 11 aromatic rings. The van der Waals surface area contributed by atoms with Gasteiger partial charge in [-0.1, -0.05) is 166 Å². The number of benzene rings is 9. The number of ether oxygens (including phenoxy) is 1. The second-order valence-electron chi connectivity index (χ2n) is 19.0. The van der Waals surface area contributed by atoms with Gasteiger partial charge in [0.2, 0.25) is 0 Å². The van der Waals surface area contributed by atoms with Crippen LogP contribution in [0, 0.1) is 5.82 Å². The lowest BCUT2D eigenvalue weighted by Gasteiger charge is -2.27. The Morgan fingerprint density at radius 3 is 1.76 bits per heavy atom. The molecular weight excluding hydrogens is 860 g/mol. The summed E-state index contributed by atoms with van der Waals surface area (Å²) in [6.45, 7) is 7.21. The van der Waals surface area contributed by atoms with Crippen LogP contribution in [0.5, 0.6) is 11.5 Å². The fourth-order valence-electron chi connectivity index (χ4n) is 10.0. The zero-order valence-electron chi connectivity index (χ0n) is 39.2. The normalized spacial score (nSPS) is 12.5. The maximum Gasteiger partial charge on any atom is 0.137 e. The number of nitrogens with zero attached hydrogens (tertiary/aromatic N) is 4. The predicted molar refractivity (Wildman–Crippen MR) is 288 cm³/mol. The first-order chi connectivity index (χ1) is 34.2. The van der Waals surface area contributed by atoms with E-state index in [-0.39, 0.29) is 11.2 Å². The van der Waals surface area contributed by atoms with E-state index in [1.165, 1.54) is 23.3 Å². The molecule has 3 heterocycles. The maximum absolute atomic E-state index is 14.4. The van der Waals surface area contributed by atoms with E-state index in [1.54, 1.807) is 0 Å². The van der Waals surface area contributed by atoms with Crippen LogP contribution < -0.4 is 14.5 Å². The van der Waals surface area contributed by atoms with Gasteiger partial charge < -0.3 is 14.5 Å². The van der Waals surface area contributed by atoms with Crippen molar-refractivity contribution in [3.05, 3.63) is 242 Å². The summed E-state index contributed by atoms with van der Waals surface area (Å²) in [4.78, 5) is 9.69. The van der Waals surface area contributed by atoms with E-state index >= 15 is 0 Å². The highest BCUT2D eigenvalue weighted by molar-refractivity contribution is 6.09. The molecule has 70 heavy (non-hydrogen) atoms. The summed E-state index contributed by atoms with van der Waals surface area (Å²) in [5.41, 5.74) is 16.0. The van der Waals surface area contributed by atoms with Crippen molar-refractivity contribution in [2.24, 2.45) is 0 Å². The van der Waals surface area contributed by atoms with Gasteiger partial charge in [0.25, 0.3) is 0 Å². The summed E-state index contributed by atoms with van der Waals surface area (Å²) < 4.78 is 23.7. The smallest absolute Gasteiger partial charge is 0.137 e. The topological polar surface area (TPSA) is 33.5 Å². The van der Waals surface area contributed by atoms with Crippen LogP contribution in [0.2, 0.25) is 0 Å². The Kier molecular flexibility index (Phi) is 10.6. The number of anilines is 4. The lowest BCUT2D eigenvalue weighted by molar-refractivity contribution is 0.483. The lowest BCUT2D eigenvalue weighted by atomic mass is 9.88. The SMILES string of the molecule is CC(C)(C)c1ccnc(-n2c3ccccc3c3ccc(Oc4cc(-c5ccc(-c6ccccc6)cc5)cc(N5CN(c6c(-c7ccccc7)cccc6-c6ccc(F)cc6)c6ccccc65)c4)cc32)c1. The van der Waals surface area contributed by atoms with Gasteiger partial charge in [-0.2, -0.15) is 0 Å². The molecule has 0 aliphatic carbocycles. The minimum absolute atomic E-state index is 0.0433. The van der Waals surface area contributed by atoms with Crippen LogP contribution in [0.1, 0.15) is 26.3 Å². The van der Waals surface area contributed by atoms with E-state index in [0.29, 0.717) is 12.4 Å². The summed E-state index contributed by atoms with van der Waals surface area (Å²) in [6.07, 6.45) is 1.91. The number of fused-ring (bicyclic) bond motifs is 4. The van der Waals surface area contributed by atoms with Crippen molar-refractivity contribution < 1.29 is 9.13 Å². The van der Waals surface area contributed by atoms with Crippen molar-refractivity contribution in [3.63, 3.8) is 0 Å². The zero-order valence-corrected chi connectivity index (χ0v) is 39.2. The fraction of sp³-hybridized carbons (Fsp3) is 0.0781. The standard InChI is InChI=1S/C64H49FN4O/c1-64(2,3)49-35-36-66-62(39-49)69-58-22-11-10-19-56(58)57-34-33-52(41-61(57)69)70-53-38-48(45-27-25-44(26-28-45)43-15-6-4-7-16-43)37-51(40-53)67-42-68(60-24-13-12-23-59(60)67)63-54(46-17-8-5-9-18-46)20-14-21-55(63)47-29-31-50(65)32-30-47/h4-41H,42H2,1-3H3. The van der Waals surface area contributed by atoms with E-state index in [2.05, 4.69) is 223 Å². The number of rotatable bonds is 9. The molecule has 9 aromatic carbocycles. The summed E-state index contributed by atoms with van der Waals surface area (Å²) in [7, 11) is 0. The molecule has 6 heteroatoms. The molecule has 0 atom stereocenters. The number of para-hydroxylation sites is 4. The first-order valence-corrected chi connectivity index (χ1v) is 23.8. The first kappa shape index (κ1) is 42.6. The largest absolute Gasteiger partial charge is 0.457 e. The molecule has 0 fully saturated rings. The van der Waals surface area contributed by atoms with E-state index in [0.717, 1.165) is 95.1 Å². The number of hydrogen-bond acceptors (Lipinski definition) is 4. The summed E-state index contributed by atoms with van der Waals surface area (Å²) in [5, 5.41) is 2.28. The Balaban J connectivity index is 0.999. The molecule has 1 aliphatic heterocycles. The number of hydrogen-bond donors (Lipinski definition) is 0. The van der Waals surface area contributed by atoms with E-state index < -0.39 is 0 Å². The van der Waals surface area contributed by atoms with Crippen LogP contribution in [0.15, 0.2) is 231 Å². The molecule has 0 amide bonds. The molecule has 0 unspecified atom stereocenters. The summed E-state index contributed by atoms with van der Waals surface area (Å²) >= 11 is 0. The molecule has 5 nitrogen and oxygen atoms in total. The van der Waals surface area contributed by atoms with Crippen LogP contribution in [-0.2, 0) is 5.41 Å². The third kappa shape index (κ3) is 7.83.